The monoisotopic (exact) mass is 278 g/mol. The molecule has 0 bridgehead atoms. The zero-order chi connectivity index (χ0) is 14.4. The Hall–Kier alpha value is -2.88. The summed E-state index contributed by atoms with van der Waals surface area (Å²) in [4.78, 5) is 22.2. The first-order chi connectivity index (χ1) is 10.2. The smallest absolute Gasteiger partial charge is 0.338 e. The van der Waals surface area contributed by atoms with Crippen molar-refractivity contribution in [3.63, 3.8) is 0 Å². The number of carbonyl (C=O) groups excluding carboxylic acids is 2. The Kier molecular flexibility index (Phi) is 2.44. The number of fused-ring (bicyclic) bond motifs is 2. The molecular weight excluding hydrogens is 268 g/mol. The number of aldehydes is 1. The summed E-state index contributed by atoms with van der Waals surface area (Å²) in [5.41, 5.74) is 4.22. The van der Waals surface area contributed by atoms with E-state index in [4.69, 9.17) is 9.15 Å². The molecule has 0 aliphatic carbocycles. The highest BCUT2D eigenvalue weighted by Crippen LogP contribution is 2.30. The Labute approximate surface area is 119 Å². The van der Waals surface area contributed by atoms with Gasteiger partial charge in [-0.2, -0.15) is 0 Å². The summed E-state index contributed by atoms with van der Waals surface area (Å²) >= 11 is 0. The van der Waals surface area contributed by atoms with Gasteiger partial charge in [0, 0.05) is 10.9 Å². The second kappa shape index (κ2) is 4.31. The molecule has 4 nitrogen and oxygen atoms in total. The van der Waals surface area contributed by atoms with Crippen LogP contribution in [0.1, 0.15) is 26.5 Å². The van der Waals surface area contributed by atoms with Gasteiger partial charge in [0.2, 0.25) is 0 Å². The van der Waals surface area contributed by atoms with E-state index in [0.29, 0.717) is 29.8 Å². The Bertz CT molecular complexity index is 889. The third-order valence-electron chi connectivity index (χ3n) is 3.67. The van der Waals surface area contributed by atoms with E-state index in [1.54, 1.807) is 12.1 Å². The molecule has 0 spiro atoms. The van der Waals surface area contributed by atoms with Gasteiger partial charge in [-0.25, -0.2) is 4.79 Å². The molecule has 4 heteroatoms. The van der Waals surface area contributed by atoms with Crippen LogP contribution in [0.3, 0.4) is 0 Å². The summed E-state index contributed by atoms with van der Waals surface area (Å²) in [6, 6.07) is 13.1. The molecule has 2 aromatic carbocycles. The molecule has 4 rings (SSSR count). The number of hydrogen-bond donors (Lipinski definition) is 0. The third-order valence-corrected chi connectivity index (χ3v) is 3.67. The van der Waals surface area contributed by atoms with Gasteiger partial charge < -0.3 is 9.15 Å². The lowest BCUT2D eigenvalue weighted by Crippen LogP contribution is -1.92. The minimum absolute atomic E-state index is 0.266. The van der Waals surface area contributed by atoms with Crippen molar-refractivity contribution in [3.05, 3.63) is 59.4 Å². The first-order valence-corrected chi connectivity index (χ1v) is 6.54. The van der Waals surface area contributed by atoms with Crippen LogP contribution in [0.15, 0.2) is 46.9 Å². The van der Waals surface area contributed by atoms with E-state index in [1.807, 2.05) is 30.3 Å². The summed E-state index contributed by atoms with van der Waals surface area (Å²) in [6.07, 6.45) is 0.692. The van der Waals surface area contributed by atoms with Gasteiger partial charge in [-0.05, 0) is 41.5 Å². The molecule has 0 radical (unpaired) electrons. The van der Waals surface area contributed by atoms with Crippen LogP contribution in [0.2, 0.25) is 0 Å². The molecule has 0 saturated heterocycles. The SMILES string of the molecule is O=Cc1cc2cc(-c3ccc4c(c3)COC4=O)ccc2o1. The maximum Gasteiger partial charge on any atom is 0.338 e. The highest BCUT2D eigenvalue weighted by atomic mass is 16.5. The first-order valence-electron chi connectivity index (χ1n) is 6.54. The van der Waals surface area contributed by atoms with E-state index in [2.05, 4.69) is 0 Å². The number of ether oxygens (including phenoxy) is 1. The van der Waals surface area contributed by atoms with Crippen molar-refractivity contribution in [2.24, 2.45) is 0 Å². The second-order valence-corrected chi connectivity index (χ2v) is 4.97. The van der Waals surface area contributed by atoms with E-state index in [-0.39, 0.29) is 5.97 Å². The molecule has 0 fully saturated rings. The summed E-state index contributed by atoms with van der Waals surface area (Å²) in [5, 5.41) is 0.877. The topological polar surface area (TPSA) is 56.5 Å². The molecule has 0 saturated carbocycles. The van der Waals surface area contributed by atoms with Crippen LogP contribution in [-0.4, -0.2) is 12.3 Å². The maximum atomic E-state index is 11.5. The largest absolute Gasteiger partial charge is 0.457 e. The van der Waals surface area contributed by atoms with E-state index in [9.17, 15) is 9.59 Å². The fraction of sp³-hybridized carbons (Fsp3) is 0.0588. The van der Waals surface area contributed by atoms with Crippen molar-refractivity contribution in [3.8, 4) is 11.1 Å². The Balaban J connectivity index is 1.82. The Morgan fingerprint density at radius 1 is 1.00 bits per heavy atom. The first kappa shape index (κ1) is 11.9. The van der Waals surface area contributed by atoms with Gasteiger partial charge in [-0.3, -0.25) is 4.79 Å². The quantitative estimate of drug-likeness (QED) is 0.531. The number of hydrogen-bond acceptors (Lipinski definition) is 4. The summed E-state index contributed by atoms with van der Waals surface area (Å²) in [6.45, 7) is 0.325. The van der Waals surface area contributed by atoms with Crippen LogP contribution in [0, 0.1) is 0 Å². The third kappa shape index (κ3) is 1.84. The Morgan fingerprint density at radius 2 is 1.81 bits per heavy atom. The molecule has 102 valence electrons. The minimum atomic E-state index is -0.266. The van der Waals surface area contributed by atoms with Crippen LogP contribution in [0.4, 0.5) is 0 Å². The summed E-state index contributed by atoms with van der Waals surface area (Å²) < 4.78 is 10.4. The van der Waals surface area contributed by atoms with Gasteiger partial charge in [-0.1, -0.05) is 12.1 Å². The van der Waals surface area contributed by atoms with Gasteiger partial charge in [0.15, 0.2) is 12.0 Å². The average Bonchev–Trinajstić information content (AvgIpc) is 3.09. The predicted octanol–water partition coefficient (Wildman–Crippen LogP) is 3.58. The van der Waals surface area contributed by atoms with Crippen molar-refractivity contribution in [2.45, 2.75) is 6.61 Å². The van der Waals surface area contributed by atoms with Crippen molar-refractivity contribution >= 4 is 23.2 Å². The van der Waals surface area contributed by atoms with Crippen molar-refractivity contribution in [1.29, 1.82) is 0 Å². The van der Waals surface area contributed by atoms with E-state index >= 15 is 0 Å². The van der Waals surface area contributed by atoms with Gasteiger partial charge in [0.1, 0.15) is 12.2 Å². The lowest BCUT2D eigenvalue weighted by molar-refractivity contribution is 0.0535. The molecule has 0 N–H and O–H groups in total. The molecular formula is C17H10O4. The molecule has 0 atom stereocenters. The highest BCUT2D eigenvalue weighted by Gasteiger charge is 2.21. The van der Waals surface area contributed by atoms with E-state index < -0.39 is 0 Å². The molecule has 2 heterocycles. The lowest BCUT2D eigenvalue weighted by atomic mass is 9.99. The number of rotatable bonds is 2. The summed E-state index contributed by atoms with van der Waals surface area (Å²) in [7, 11) is 0. The van der Waals surface area contributed by atoms with Crippen LogP contribution in [0.25, 0.3) is 22.1 Å². The van der Waals surface area contributed by atoms with Gasteiger partial charge in [0.05, 0.1) is 5.56 Å². The molecule has 21 heavy (non-hydrogen) atoms. The maximum absolute atomic E-state index is 11.5. The molecule has 1 aliphatic heterocycles. The zero-order valence-electron chi connectivity index (χ0n) is 11.0. The van der Waals surface area contributed by atoms with E-state index in [1.165, 1.54) is 0 Å². The van der Waals surface area contributed by atoms with E-state index in [0.717, 1.165) is 22.1 Å². The number of carbonyl (C=O) groups is 2. The lowest BCUT2D eigenvalue weighted by Gasteiger charge is -2.03. The van der Waals surface area contributed by atoms with Crippen LogP contribution in [-0.2, 0) is 11.3 Å². The molecule has 0 amide bonds. The minimum Gasteiger partial charge on any atom is -0.457 e. The zero-order valence-corrected chi connectivity index (χ0v) is 11.0. The molecule has 0 unspecified atom stereocenters. The van der Waals surface area contributed by atoms with Crippen molar-refractivity contribution in [1.82, 2.24) is 0 Å². The number of benzene rings is 2. The number of esters is 1. The standard InChI is InChI=1S/C17H10O4/c18-8-14-7-12-5-11(2-4-16(12)21-14)10-1-3-15-13(6-10)9-20-17(15)19/h1-8H,9H2. The van der Waals surface area contributed by atoms with Gasteiger partial charge in [-0.15, -0.1) is 0 Å². The average molecular weight is 278 g/mol. The highest BCUT2D eigenvalue weighted by molar-refractivity contribution is 5.94. The normalized spacial score (nSPS) is 13.2. The molecule has 1 aliphatic rings. The van der Waals surface area contributed by atoms with Gasteiger partial charge in [0.25, 0.3) is 0 Å². The molecule has 3 aromatic rings. The van der Waals surface area contributed by atoms with Crippen molar-refractivity contribution < 1.29 is 18.7 Å². The summed E-state index contributed by atoms with van der Waals surface area (Å²) in [5.74, 6) is 0.0487. The second-order valence-electron chi connectivity index (χ2n) is 4.97. The van der Waals surface area contributed by atoms with Crippen LogP contribution < -0.4 is 0 Å². The van der Waals surface area contributed by atoms with Crippen LogP contribution >= 0.6 is 0 Å². The van der Waals surface area contributed by atoms with Crippen LogP contribution in [0.5, 0.6) is 0 Å². The number of cyclic esters (lactones) is 1. The predicted molar refractivity (Wildman–Crippen MR) is 76.2 cm³/mol. The van der Waals surface area contributed by atoms with Crippen molar-refractivity contribution in [2.75, 3.05) is 0 Å². The fourth-order valence-electron chi connectivity index (χ4n) is 2.61. The fourth-order valence-corrected chi connectivity index (χ4v) is 2.61. The van der Waals surface area contributed by atoms with Gasteiger partial charge >= 0.3 is 5.97 Å². The number of furan rings is 1. The molecule has 1 aromatic heterocycles. The Morgan fingerprint density at radius 3 is 2.67 bits per heavy atom.